The van der Waals surface area contributed by atoms with Gasteiger partial charge in [-0.2, -0.15) is 16.3 Å². The second-order valence-corrected chi connectivity index (χ2v) is 4.98. The minimum absolute atomic E-state index is 0.215. The van der Waals surface area contributed by atoms with Crippen LogP contribution in [0.1, 0.15) is 23.1 Å². The Morgan fingerprint density at radius 3 is 2.68 bits per heavy atom. The molecule has 0 aliphatic carbocycles. The summed E-state index contributed by atoms with van der Waals surface area (Å²) in [5, 5.41) is 18.1. The van der Waals surface area contributed by atoms with Gasteiger partial charge < -0.3 is 9.63 Å². The molecule has 0 radical (unpaired) electrons. The molecule has 5 heteroatoms. The van der Waals surface area contributed by atoms with E-state index in [1.807, 2.05) is 48.0 Å². The number of hydrogen-bond donors (Lipinski definition) is 1. The molecule has 4 nitrogen and oxygen atoms in total. The van der Waals surface area contributed by atoms with Gasteiger partial charge in [0.2, 0.25) is 5.82 Å². The third-order valence-electron chi connectivity index (χ3n) is 2.89. The summed E-state index contributed by atoms with van der Waals surface area (Å²) in [6, 6.07) is 9.26. The van der Waals surface area contributed by atoms with Crippen LogP contribution in [0.5, 0.6) is 0 Å². The van der Waals surface area contributed by atoms with Crippen molar-refractivity contribution in [1.82, 2.24) is 10.1 Å². The van der Waals surface area contributed by atoms with E-state index in [1.54, 1.807) is 11.3 Å². The summed E-state index contributed by atoms with van der Waals surface area (Å²) in [6.07, 6.45) is -0.888. The first-order valence-corrected chi connectivity index (χ1v) is 6.80. The van der Waals surface area contributed by atoms with Crippen LogP contribution >= 0.6 is 11.3 Å². The smallest absolute Gasteiger partial charge is 0.260 e. The fourth-order valence-corrected chi connectivity index (χ4v) is 2.65. The number of nitrogens with zero attached hydrogens (tertiary/aromatic N) is 2. The summed E-state index contributed by atoms with van der Waals surface area (Å²) in [6.45, 7) is 2.00. The second-order valence-electron chi connectivity index (χ2n) is 4.24. The van der Waals surface area contributed by atoms with Crippen molar-refractivity contribution < 1.29 is 9.63 Å². The zero-order valence-electron chi connectivity index (χ0n) is 10.3. The Balaban J connectivity index is 1.92. The molecule has 0 spiro atoms. The predicted octanol–water partition coefficient (Wildman–Crippen LogP) is 3.19. The first-order valence-electron chi connectivity index (χ1n) is 5.85. The van der Waals surface area contributed by atoms with Gasteiger partial charge in [-0.3, -0.25) is 0 Å². The Morgan fingerprint density at radius 1 is 1.21 bits per heavy atom. The Bertz CT molecular complexity index is 676. The lowest BCUT2D eigenvalue weighted by atomic mass is 10.1. The maximum Gasteiger partial charge on any atom is 0.260 e. The molecular formula is C14H12N2O2S. The average molecular weight is 272 g/mol. The van der Waals surface area contributed by atoms with Crippen LogP contribution in [-0.2, 0) is 0 Å². The molecule has 1 atom stereocenters. The quantitative estimate of drug-likeness (QED) is 0.795. The van der Waals surface area contributed by atoms with E-state index in [1.165, 1.54) is 0 Å². The maximum atomic E-state index is 10.2. The molecule has 1 unspecified atom stereocenters. The van der Waals surface area contributed by atoms with Gasteiger partial charge in [0.05, 0.1) is 0 Å². The lowest BCUT2D eigenvalue weighted by Gasteiger charge is -2.04. The average Bonchev–Trinajstić information content (AvgIpc) is 3.07. The van der Waals surface area contributed by atoms with Crippen molar-refractivity contribution in [3.8, 4) is 11.4 Å². The van der Waals surface area contributed by atoms with Gasteiger partial charge in [-0.1, -0.05) is 35.5 Å². The van der Waals surface area contributed by atoms with Gasteiger partial charge in [0.15, 0.2) is 6.10 Å². The zero-order valence-corrected chi connectivity index (χ0v) is 11.1. The Morgan fingerprint density at radius 2 is 2.00 bits per heavy atom. The first kappa shape index (κ1) is 12.1. The normalized spacial score (nSPS) is 12.5. The monoisotopic (exact) mass is 272 g/mol. The van der Waals surface area contributed by atoms with Crippen molar-refractivity contribution in [2.45, 2.75) is 13.0 Å². The molecule has 0 aliphatic heterocycles. The standard InChI is InChI=1S/C14H12N2O2S/c1-9-7-19-8-11(9)13-15-14(18-16-13)12(17)10-5-3-2-4-6-10/h2-8,12,17H,1H3. The van der Waals surface area contributed by atoms with Gasteiger partial charge >= 0.3 is 0 Å². The SMILES string of the molecule is Cc1cscc1-c1noc(C(O)c2ccccc2)n1. The van der Waals surface area contributed by atoms with Crippen LogP contribution in [0.4, 0.5) is 0 Å². The summed E-state index contributed by atoms with van der Waals surface area (Å²) < 4.78 is 5.15. The number of aliphatic hydroxyl groups excluding tert-OH is 1. The third kappa shape index (κ3) is 2.30. The molecule has 0 amide bonds. The van der Waals surface area contributed by atoms with Gasteiger partial charge in [-0.25, -0.2) is 0 Å². The first-order chi connectivity index (χ1) is 9.25. The number of thiophene rings is 1. The molecule has 0 aliphatic rings. The van der Waals surface area contributed by atoms with Crippen molar-refractivity contribution in [2.75, 3.05) is 0 Å². The number of hydrogen-bond acceptors (Lipinski definition) is 5. The zero-order chi connectivity index (χ0) is 13.2. The van der Waals surface area contributed by atoms with E-state index >= 15 is 0 Å². The fourth-order valence-electron chi connectivity index (χ4n) is 1.82. The fraction of sp³-hybridized carbons (Fsp3) is 0.143. The molecule has 2 aromatic heterocycles. The van der Waals surface area contributed by atoms with Crippen LogP contribution < -0.4 is 0 Å². The van der Waals surface area contributed by atoms with E-state index in [9.17, 15) is 5.11 Å². The summed E-state index contributed by atoms with van der Waals surface area (Å²) in [4.78, 5) is 4.27. The molecule has 2 heterocycles. The summed E-state index contributed by atoms with van der Waals surface area (Å²) in [5.41, 5.74) is 2.78. The predicted molar refractivity (Wildman–Crippen MR) is 72.9 cm³/mol. The highest BCUT2D eigenvalue weighted by Gasteiger charge is 2.19. The summed E-state index contributed by atoms with van der Waals surface area (Å²) in [7, 11) is 0. The van der Waals surface area contributed by atoms with E-state index in [0.717, 1.165) is 16.7 Å². The molecule has 0 saturated carbocycles. The van der Waals surface area contributed by atoms with E-state index in [0.29, 0.717) is 5.82 Å². The lowest BCUT2D eigenvalue weighted by molar-refractivity contribution is 0.170. The van der Waals surface area contributed by atoms with Gasteiger partial charge in [-0.15, -0.1) is 0 Å². The molecular weight excluding hydrogens is 260 g/mol. The minimum atomic E-state index is -0.888. The molecule has 3 aromatic rings. The Labute approximate surface area is 114 Å². The van der Waals surface area contributed by atoms with Crippen LogP contribution in [0, 0.1) is 6.92 Å². The van der Waals surface area contributed by atoms with Gasteiger partial charge in [0.1, 0.15) is 0 Å². The van der Waals surface area contributed by atoms with Crippen molar-refractivity contribution in [2.24, 2.45) is 0 Å². The van der Waals surface area contributed by atoms with Crippen LogP contribution in [0.3, 0.4) is 0 Å². The minimum Gasteiger partial charge on any atom is -0.378 e. The van der Waals surface area contributed by atoms with Crippen molar-refractivity contribution in [1.29, 1.82) is 0 Å². The van der Waals surface area contributed by atoms with E-state index in [4.69, 9.17) is 4.52 Å². The number of benzene rings is 1. The van der Waals surface area contributed by atoms with Crippen LogP contribution in [0.25, 0.3) is 11.4 Å². The number of rotatable bonds is 3. The number of aliphatic hydroxyl groups is 1. The van der Waals surface area contributed by atoms with E-state index < -0.39 is 6.10 Å². The molecule has 0 saturated heterocycles. The summed E-state index contributed by atoms with van der Waals surface area (Å²) in [5.74, 6) is 0.732. The van der Waals surface area contributed by atoms with E-state index in [-0.39, 0.29) is 5.89 Å². The molecule has 19 heavy (non-hydrogen) atoms. The molecule has 0 fully saturated rings. The van der Waals surface area contributed by atoms with Crippen molar-refractivity contribution in [3.05, 3.63) is 58.1 Å². The highest BCUT2D eigenvalue weighted by molar-refractivity contribution is 7.08. The van der Waals surface area contributed by atoms with Crippen LogP contribution in [0.15, 0.2) is 45.6 Å². The van der Waals surface area contributed by atoms with Gasteiger partial charge in [0, 0.05) is 10.9 Å². The lowest BCUT2D eigenvalue weighted by Crippen LogP contribution is -1.99. The molecule has 1 N–H and O–H groups in total. The molecule has 0 bridgehead atoms. The molecule has 96 valence electrons. The maximum absolute atomic E-state index is 10.2. The van der Waals surface area contributed by atoms with Gasteiger partial charge in [-0.05, 0) is 23.4 Å². The van der Waals surface area contributed by atoms with Crippen molar-refractivity contribution in [3.63, 3.8) is 0 Å². The highest BCUT2D eigenvalue weighted by atomic mass is 32.1. The van der Waals surface area contributed by atoms with Crippen LogP contribution in [0.2, 0.25) is 0 Å². The number of aromatic nitrogens is 2. The molecule has 3 rings (SSSR count). The van der Waals surface area contributed by atoms with E-state index in [2.05, 4.69) is 10.1 Å². The number of aryl methyl sites for hydroxylation is 1. The largest absolute Gasteiger partial charge is 0.378 e. The van der Waals surface area contributed by atoms with Crippen molar-refractivity contribution >= 4 is 11.3 Å². The van der Waals surface area contributed by atoms with Gasteiger partial charge in [0.25, 0.3) is 5.89 Å². The summed E-state index contributed by atoms with van der Waals surface area (Å²) >= 11 is 1.59. The van der Waals surface area contributed by atoms with Crippen LogP contribution in [-0.4, -0.2) is 15.2 Å². The second kappa shape index (κ2) is 4.95. The Hall–Kier alpha value is -1.98. The third-order valence-corrected chi connectivity index (χ3v) is 3.75. The highest BCUT2D eigenvalue weighted by Crippen LogP contribution is 2.27. The Kier molecular flexibility index (Phi) is 3.15. The topological polar surface area (TPSA) is 59.2 Å². The molecule has 1 aromatic carbocycles.